The van der Waals surface area contributed by atoms with Crippen molar-refractivity contribution in [2.24, 2.45) is 0 Å². The molecule has 1 aliphatic heterocycles. The molecule has 1 heterocycles. The lowest BCUT2D eigenvalue weighted by molar-refractivity contribution is -0.0854. The molecule has 2 aromatic carbocycles. The maximum absolute atomic E-state index is 10.4. The molecule has 0 amide bonds. The van der Waals surface area contributed by atoms with E-state index in [2.05, 4.69) is 0 Å². The average molecular weight is 404 g/mol. The summed E-state index contributed by atoms with van der Waals surface area (Å²) in [4.78, 5) is 0. The largest absolute Gasteiger partial charge is 0.504 e. The predicted octanol–water partition coefficient (Wildman–Crippen LogP) is 3.69. The van der Waals surface area contributed by atoms with Crippen molar-refractivity contribution < 1.29 is 33.5 Å². The van der Waals surface area contributed by atoms with Crippen molar-refractivity contribution in [2.75, 3.05) is 42.2 Å². The Bertz CT molecular complexity index is 836. The van der Waals surface area contributed by atoms with Gasteiger partial charge in [0, 0.05) is 13.0 Å². The van der Waals surface area contributed by atoms with Gasteiger partial charge in [0.2, 0.25) is 5.75 Å². The zero-order chi connectivity index (χ0) is 21.0. The highest BCUT2D eigenvalue weighted by Crippen LogP contribution is 2.45. The molecule has 1 saturated heterocycles. The second-order valence-corrected chi connectivity index (χ2v) is 6.83. The standard InChI is InChI=1S/C22H28O7/c1-24-17-7-6-13(9-19(17)25-2)18-11-15(21(27-4)12-29-18)14-8-16(23)22(28-5)20(10-14)26-3/h6-10,15,18,21,23H,11-12H2,1-5H3/t15-,18-,21+/m0/s1. The molecule has 3 atom stereocenters. The summed E-state index contributed by atoms with van der Waals surface area (Å²) >= 11 is 0. The van der Waals surface area contributed by atoms with Gasteiger partial charge in [0.15, 0.2) is 23.0 Å². The Morgan fingerprint density at radius 1 is 0.828 bits per heavy atom. The lowest BCUT2D eigenvalue weighted by Crippen LogP contribution is -2.34. The van der Waals surface area contributed by atoms with Crippen LogP contribution in [-0.2, 0) is 9.47 Å². The van der Waals surface area contributed by atoms with Gasteiger partial charge < -0.3 is 33.5 Å². The number of methoxy groups -OCH3 is 5. The Morgan fingerprint density at radius 3 is 2.14 bits per heavy atom. The van der Waals surface area contributed by atoms with Gasteiger partial charge in [-0.1, -0.05) is 6.07 Å². The van der Waals surface area contributed by atoms with Crippen LogP contribution < -0.4 is 18.9 Å². The SMILES string of the molecule is COc1ccc([C@@H]2C[C@@H](c3cc(O)c(OC)c(OC)c3)[C@H](OC)CO2)cc1OC. The second-order valence-electron chi connectivity index (χ2n) is 6.83. The summed E-state index contributed by atoms with van der Waals surface area (Å²) in [5.41, 5.74) is 1.90. The van der Waals surface area contributed by atoms with E-state index in [0.717, 1.165) is 11.1 Å². The van der Waals surface area contributed by atoms with Crippen LogP contribution in [0.5, 0.6) is 28.7 Å². The molecule has 0 aliphatic carbocycles. The predicted molar refractivity (Wildman–Crippen MR) is 108 cm³/mol. The summed E-state index contributed by atoms with van der Waals surface area (Å²) < 4.78 is 33.1. The van der Waals surface area contributed by atoms with Gasteiger partial charge >= 0.3 is 0 Å². The minimum atomic E-state index is -0.151. The summed E-state index contributed by atoms with van der Waals surface area (Å²) in [5, 5.41) is 10.4. The summed E-state index contributed by atoms with van der Waals surface area (Å²) in [5.74, 6) is 2.15. The van der Waals surface area contributed by atoms with Gasteiger partial charge in [0.25, 0.3) is 0 Å². The summed E-state index contributed by atoms with van der Waals surface area (Å²) in [7, 11) is 7.93. The fourth-order valence-corrected chi connectivity index (χ4v) is 3.83. The van der Waals surface area contributed by atoms with Crippen LogP contribution in [0, 0.1) is 0 Å². The Balaban J connectivity index is 1.93. The van der Waals surface area contributed by atoms with Crippen LogP contribution in [0.25, 0.3) is 0 Å². The van der Waals surface area contributed by atoms with E-state index in [1.165, 1.54) is 7.11 Å². The molecular formula is C22H28O7. The van der Waals surface area contributed by atoms with E-state index in [4.69, 9.17) is 28.4 Å². The fourth-order valence-electron chi connectivity index (χ4n) is 3.83. The van der Waals surface area contributed by atoms with Crippen molar-refractivity contribution in [3.63, 3.8) is 0 Å². The molecule has 29 heavy (non-hydrogen) atoms. The first kappa shape index (κ1) is 21.1. The molecule has 0 radical (unpaired) electrons. The van der Waals surface area contributed by atoms with Gasteiger partial charge in [-0.15, -0.1) is 0 Å². The molecule has 0 unspecified atom stereocenters. The van der Waals surface area contributed by atoms with Crippen molar-refractivity contribution in [3.8, 4) is 28.7 Å². The Hall–Kier alpha value is -2.64. The Morgan fingerprint density at radius 2 is 1.52 bits per heavy atom. The van der Waals surface area contributed by atoms with Crippen molar-refractivity contribution in [1.29, 1.82) is 0 Å². The molecule has 1 N–H and O–H groups in total. The number of phenols is 1. The smallest absolute Gasteiger partial charge is 0.203 e. The lowest BCUT2D eigenvalue weighted by Gasteiger charge is -2.36. The van der Waals surface area contributed by atoms with Crippen LogP contribution in [-0.4, -0.2) is 53.4 Å². The number of rotatable bonds is 7. The molecule has 7 nitrogen and oxygen atoms in total. The van der Waals surface area contributed by atoms with Gasteiger partial charge in [-0.05, 0) is 41.8 Å². The minimum absolute atomic E-state index is 0.00227. The lowest BCUT2D eigenvalue weighted by atomic mass is 9.84. The average Bonchev–Trinajstić information content (AvgIpc) is 2.77. The van der Waals surface area contributed by atoms with E-state index in [9.17, 15) is 5.11 Å². The van der Waals surface area contributed by atoms with Gasteiger partial charge in [0.1, 0.15) is 0 Å². The maximum Gasteiger partial charge on any atom is 0.203 e. The molecular weight excluding hydrogens is 376 g/mol. The van der Waals surface area contributed by atoms with E-state index in [1.807, 2.05) is 24.3 Å². The van der Waals surface area contributed by atoms with Gasteiger partial charge in [-0.3, -0.25) is 0 Å². The number of ether oxygens (including phenoxy) is 6. The number of benzene rings is 2. The van der Waals surface area contributed by atoms with E-state index >= 15 is 0 Å². The van der Waals surface area contributed by atoms with Crippen LogP contribution in [0.1, 0.15) is 29.6 Å². The molecule has 0 bridgehead atoms. The highest BCUT2D eigenvalue weighted by atomic mass is 16.5. The Kier molecular flexibility index (Phi) is 6.71. The summed E-state index contributed by atoms with van der Waals surface area (Å²) in [6, 6.07) is 9.36. The monoisotopic (exact) mass is 404 g/mol. The molecule has 1 fully saturated rings. The van der Waals surface area contributed by atoms with Gasteiger partial charge in [0.05, 0.1) is 47.3 Å². The first-order chi connectivity index (χ1) is 14.1. The van der Waals surface area contributed by atoms with E-state index in [1.54, 1.807) is 34.5 Å². The minimum Gasteiger partial charge on any atom is -0.504 e. The highest BCUT2D eigenvalue weighted by Gasteiger charge is 2.34. The van der Waals surface area contributed by atoms with Crippen LogP contribution in [0.15, 0.2) is 30.3 Å². The third kappa shape index (κ3) is 4.21. The van der Waals surface area contributed by atoms with E-state index < -0.39 is 0 Å². The van der Waals surface area contributed by atoms with E-state index in [0.29, 0.717) is 36.0 Å². The quantitative estimate of drug-likeness (QED) is 0.754. The first-order valence-electron chi connectivity index (χ1n) is 9.37. The number of hydrogen-bond donors (Lipinski definition) is 1. The maximum atomic E-state index is 10.4. The molecule has 2 aromatic rings. The zero-order valence-corrected chi connectivity index (χ0v) is 17.4. The fraction of sp³-hybridized carbons (Fsp3) is 0.455. The van der Waals surface area contributed by atoms with Gasteiger partial charge in [-0.2, -0.15) is 0 Å². The third-order valence-electron chi connectivity index (χ3n) is 5.37. The molecule has 7 heteroatoms. The first-order valence-corrected chi connectivity index (χ1v) is 9.37. The number of aromatic hydroxyl groups is 1. The van der Waals surface area contributed by atoms with Crippen molar-refractivity contribution in [3.05, 3.63) is 41.5 Å². The summed E-state index contributed by atoms with van der Waals surface area (Å²) in [6.45, 7) is 0.426. The third-order valence-corrected chi connectivity index (χ3v) is 5.37. The molecule has 0 saturated carbocycles. The van der Waals surface area contributed by atoms with Crippen LogP contribution in [0.2, 0.25) is 0 Å². The Labute approximate surface area is 171 Å². The van der Waals surface area contributed by atoms with Crippen LogP contribution in [0.3, 0.4) is 0 Å². The molecule has 3 rings (SSSR count). The number of phenolic OH excluding ortho intramolecular Hbond substituents is 1. The van der Waals surface area contributed by atoms with Crippen molar-refractivity contribution >= 4 is 0 Å². The molecule has 1 aliphatic rings. The normalized spacial score (nSPS) is 21.5. The van der Waals surface area contributed by atoms with E-state index in [-0.39, 0.29) is 23.9 Å². The number of hydrogen-bond acceptors (Lipinski definition) is 7. The summed E-state index contributed by atoms with van der Waals surface area (Å²) in [6.07, 6.45) is 0.369. The van der Waals surface area contributed by atoms with Crippen molar-refractivity contribution in [1.82, 2.24) is 0 Å². The van der Waals surface area contributed by atoms with Crippen molar-refractivity contribution in [2.45, 2.75) is 24.5 Å². The van der Waals surface area contributed by atoms with Gasteiger partial charge in [-0.25, -0.2) is 0 Å². The topological polar surface area (TPSA) is 75.6 Å². The molecule has 0 spiro atoms. The van der Waals surface area contributed by atoms with Crippen LogP contribution >= 0.6 is 0 Å². The van der Waals surface area contributed by atoms with Crippen LogP contribution in [0.4, 0.5) is 0 Å². The molecule has 0 aromatic heterocycles. The molecule has 158 valence electrons. The second kappa shape index (κ2) is 9.24. The zero-order valence-electron chi connectivity index (χ0n) is 17.4. The highest BCUT2D eigenvalue weighted by molar-refractivity contribution is 5.54.